The number of furan rings is 1. The molecule has 0 bridgehead atoms. The minimum absolute atomic E-state index is 0.103. The van der Waals surface area contributed by atoms with E-state index in [4.69, 9.17) is 19.0 Å². The summed E-state index contributed by atoms with van der Waals surface area (Å²) in [6.45, 7) is 0. The minimum atomic E-state index is -0.402. The van der Waals surface area contributed by atoms with Crippen molar-refractivity contribution in [1.29, 1.82) is 0 Å². The first kappa shape index (κ1) is 14.6. The van der Waals surface area contributed by atoms with Crippen molar-refractivity contribution < 1.29 is 13.9 Å². The van der Waals surface area contributed by atoms with Gasteiger partial charge in [0, 0.05) is 12.0 Å². The van der Waals surface area contributed by atoms with Crippen molar-refractivity contribution in [1.82, 2.24) is 5.01 Å². The summed E-state index contributed by atoms with van der Waals surface area (Å²) in [6, 6.07) is 14.0. The molecule has 2 atom stereocenters. The molecule has 0 unspecified atom stereocenters. The summed E-state index contributed by atoms with van der Waals surface area (Å²) in [5.41, 5.74) is 2.17. The van der Waals surface area contributed by atoms with Gasteiger partial charge in [0.15, 0.2) is 17.3 Å². The molecule has 0 amide bonds. The van der Waals surface area contributed by atoms with Crippen molar-refractivity contribution in [3.63, 3.8) is 0 Å². The van der Waals surface area contributed by atoms with Gasteiger partial charge in [-0.3, -0.25) is 0 Å². The Labute approximate surface area is 149 Å². The number of ether oxygens (including phenoxy) is 2. The average molecular weight is 352 g/mol. The van der Waals surface area contributed by atoms with Crippen LogP contribution in [0.15, 0.2) is 63.6 Å². The summed E-state index contributed by atoms with van der Waals surface area (Å²) in [5.74, 6) is 2.24. The van der Waals surface area contributed by atoms with E-state index in [0.717, 1.165) is 35.0 Å². The van der Waals surface area contributed by atoms with Gasteiger partial charge in [-0.15, -0.1) is 11.3 Å². The van der Waals surface area contributed by atoms with Crippen LogP contribution in [-0.2, 0) is 0 Å². The highest BCUT2D eigenvalue weighted by Crippen LogP contribution is 2.50. The Bertz CT molecular complexity index is 918. The lowest BCUT2D eigenvalue weighted by atomic mass is 9.98. The van der Waals surface area contributed by atoms with Crippen LogP contribution in [0.3, 0.4) is 0 Å². The molecule has 0 saturated carbocycles. The zero-order chi connectivity index (χ0) is 16.8. The number of hydrazone groups is 1. The highest BCUT2D eigenvalue weighted by Gasteiger charge is 2.43. The van der Waals surface area contributed by atoms with Gasteiger partial charge in [0.05, 0.1) is 30.0 Å². The molecule has 0 spiro atoms. The van der Waals surface area contributed by atoms with Crippen LogP contribution in [0.1, 0.15) is 34.9 Å². The molecule has 4 heterocycles. The quantitative estimate of drug-likeness (QED) is 0.691. The molecule has 2 aromatic heterocycles. The van der Waals surface area contributed by atoms with Crippen molar-refractivity contribution in [2.45, 2.75) is 18.7 Å². The molecule has 0 radical (unpaired) electrons. The number of hydrogen-bond donors (Lipinski definition) is 0. The number of hydrogen-bond acceptors (Lipinski definition) is 6. The molecule has 0 aliphatic carbocycles. The number of nitrogens with zero attached hydrogens (tertiary/aromatic N) is 2. The summed E-state index contributed by atoms with van der Waals surface area (Å²) in [6.07, 6.45) is 2.09. The zero-order valence-corrected chi connectivity index (χ0v) is 14.4. The second-order valence-electron chi connectivity index (χ2n) is 5.99. The summed E-state index contributed by atoms with van der Waals surface area (Å²) in [4.78, 5) is 1.19. The Hall–Kier alpha value is -2.73. The van der Waals surface area contributed by atoms with Gasteiger partial charge in [0.1, 0.15) is 0 Å². The lowest BCUT2D eigenvalue weighted by molar-refractivity contribution is -0.0342. The molecule has 2 aliphatic heterocycles. The second-order valence-corrected chi connectivity index (χ2v) is 6.94. The van der Waals surface area contributed by atoms with E-state index >= 15 is 0 Å². The molecular weight excluding hydrogens is 336 g/mol. The standard InChI is InChI=1S/C19H16N2O3S/c1-22-15-6-2-5-12-14-11-13(17-8-4-10-25-17)20-21(14)19(24-18(12)15)16-7-3-9-23-16/h2-10,14,19H,11H2,1H3/t14-,19-/m1/s1. The molecule has 0 fully saturated rings. The van der Waals surface area contributed by atoms with Crippen molar-refractivity contribution in [3.8, 4) is 11.5 Å². The van der Waals surface area contributed by atoms with Gasteiger partial charge in [-0.25, -0.2) is 5.01 Å². The van der Waals surface area contributed by atoms with E-state index in [1.165, 1.54) is 4.88 Å². The first-order valence-electron chi connectivity index (χ1n) is 8.12. The van der Waals surface area contributed by atoms with Gasteiger partial charge >= 0.3 is 0 Å². The Morgan fingerprint density at radius 2 is 2.16 bits per heavy atom. The van der Waals surface area contributed by atoms with Crippen LogP contribution in [0, 0.1) is 0 Å². The SMILES string of the molecule is COc1cccc2c1O[C@H](c1ccco1)N1N=C(c3cccs3)C[C@H]21. The fourth-order valence-corrected chi connectivity index (χ4v) is 4.18. The lowest BCUT2D eigenvalue weighted by Crippen LogP contribution is -2.33. The number of benzene rings is 1. The first-order valence-corrected chi connectivity index (χ1v) is 9.00. The second kappa shape index (κ2) is 5.67. The van der Waals surface area contributed by atoms with E-state index in [9.17, 15) is 0 Å². The fraction of sp³-hybridized carbons (Fsp3) is 0.211. The van der Waals surface area contributed by atoms with Crippen molar-refractivity contribution in [2.75, 3.05) is 7.11 Å². The van der Waals surface area contributed by atoms with Crippen molar-refractivity contribution in [3.05, 3.63) is 70.3 Å². The third kappa shape index (κ3) is 2.25. The molecule has 25 heavy (non-hydrogen) atoms. The maximum Gasteiger partial charge on any atom is 0.246 e. The monoisotopic (exact) mass is 352 g/mol. The van der Waals surface area contributed by atoms with Crippen LogP contribution in [0.4, 0.5) is 0 Å². The van der Waals surface area contributed by atoms with Gasteiger partial charge in [-0.05, 0) is 29.6 Å². The third-order valence-electron chi connectivity index (χ3n) is 4.59. The van der Waals surface area contributed by atoms with Crippen molar-refractivity contribution in [2.24, 2.45) is 5.10 Å². The highest BCUT2D eigenvalue weighted by molar-refractivity contribution is 7.12. The smallest absolute Gasteiger partial charge is 0.246 e. The summed E-state index contributed by atoms with van der Waals surface area (Å²) in [7, 11) is 1.66. The first-order chi connectivity index (χ1) is 12.3. The molecule has 0 saturated heterocycles. The Morgan fingerprint density at radius 3 is 2.92 bits per heavy atom. The summed E-state index contributed by atoms with van der Waals surface area (Å²) >= 11 is 1.71. The molecule has 6 heteroatoms. The fourth-order valence-electron chi connectivity index (χ4n) is 3.46. The number of thiophene rings is 1. The lowest BCUT2D eigenvalue weighted by Gasteiger charge is -2.37. The van der Waals surface area contributed by atoms with E-state index in [1.807, 2.05) is 29.3 Å². The topological polar surface area (TPSA) is 47.2 Å². The maximum absolute atomic E-state index is 6.28. The Morgan fingerprint density at radius 1 is 1.20 bits per heavy atom. The predicted molar refractivity (Wildman–Crippen MR) is 95.1 cm³/mol. The molecule has 0 N–H and O–H groups in total. The van der Waals surface area contributed by atoms with Crippen LogP contribution in [0.2, 0.25) is 0 Å². The number of fused-ring (bicyclic) bond motifs is 3. The van der Waals surface area contributed by atoms with Gasteiger partial charge in [-0.2, -0.15) is 5.10 Å². The summed E-state index contributed by atoms with van der Waals surface area (Å²) in [5, 5.41) is 8.96. The normalized spacial score (nSPS) is 21.3. The van der Waals surface area contributed by atoms with Gasteiger partial charge in [-0.1, -0.05) is 18.2 Å². The van der Waals surface area contributed by atoms with Crippen LogP contribution in [-0.4, -0.2) is 17.8 Å². The van der Waals surface area contributed by atoms with Crippen LogP contribution in [0.25, 0.3) is 0 Å². The van der Waals surface area contributed by atoms with E-state index < -0.39 is 6.23 Å². The van der Waals surface area contributed by atoms with Crippen LogP contribution in [0.5, 0.6) is 11.5 Å². The van der Waals surface area contributed by atoms with E-state index in [-0.39, 0.29) is 6.04 Å². The third-order valence-corrected chi connectivity index (χ3v) is 5.51. The molecule has 126 valence electrons. The number of methoxy groups -OCH3 is 1. The van der Waals surface area contributed by atoms with E-state index in [2.05, 4.69) is 23.6 Å². The van der Waals surface area contributed by atoms with Crippen molar-refractivity contribution >= 4 is 17.0 Å². The molecule has 2 aliphatic rings. The van der Waals surface area contributed by atoms with E-state index in [0.29, 0.717) is 0 Å². The number of rotatable bonds is 3. The highest BCUT2D eigenvalue weighted by atomic mass is 32.1. The summed E-state index contributed by atoms with van der Waals surface area (Å²) < 4.78 is 17.4. The average Bonchev–Trinajstić information content (AvgIpc) is 3.41. The predicted octanol–water partition coefficient (Wildman–Crippen LogP) is 4.59. The van der Waals surface area contributed by atoms with Gasteiger partial charge < -0.3 is 13.9 Å². The largest absolute Gasteiger partial charge is 0.493 e. The maximum atomic E-state index is 6.28. The number of para-hydroxylation sites is 1. The van der Waals surface area contributed by atoms with Gasteiger partial charge in [0.2, 0.25) is 6.23 Å². The minimum Gasteiger partial charge on any atom is -0.493 e. The van der Waals surface area contributed by atoms with Gasteiger partial charge in [0.25, 0.3) is 0 Å². The molecule has 3 aromatic rings. The molecular formula is C19H16N2O3S. The Kier molecular flexibility index (Phi) is 3.31. The molecule has 5 nitrogen and oxygen atoms in total. The van der Waals surface area contributed by atoms with E-state index in [1.54, 1.807) is 24.7 Å². The van der Waals surface area contributed by atoms with Crippen LogP contribution >= 0.6 is 11.3 Å². The molecule has 5 rings (SSSR count). The molecule has 1 aromatic carbocycles. The zero-order valence-electron chi connectivity index (χ0n) is 13.6. The van der Waals surface area contributed by atoms with Crippen LogP contribution < -0.4 is 9.47 Å². The Balaban J connectivity index is 1.63.